The van der Waals surface area contributed by atoms with Gasteiger partial charge in [0, 0.05) is 24.9 Å². The summed E-state index contributed by atoms with van der Waals surface area (Å²) in [5, 5.41) is 12.0. The van der Waals surface area contributed by atoms with Crippen LogP contribution in [0.2, 0.25) is 0 Å². The predicted octanol–water partition coefficient (Wildman–Crippen LogP) is 0.314. The molecule has 1 amide bonds. The first-order valence-electron chi connectivity index (χ1n) is 5.36. The lowest BCUT2D eigenvalue weighted by Crippen LogP contribution is -2.34. The summed E-state index contributed by atoms with van der Waals surface area (Å²) in [5.74, 6) is -0.233. The lowest BCUT2D eigenvalue weighted by molar-refractivity contribution is 0.0610. The van der Waals surface area contributed by atoms with Crippen LogP contribution in [0.3, 0.4) is 0 Å². The Morgan fingerprint density at radius 2 is 2.29 bits per heavy atom. The van der Waals surface area contributed by atoms with E-state index in [1.165, 1.54) is 7.11 Å². The maximum Gasteiger partial charge on any atom is 0.251 e. The second-order valence-corrected chi connectivity index (χ2v) is 3.89. The van der Waals surface area contributed by atoms with Crippen molar-refractivity contribution in [1.29, 1.82) is 0 Å². The fraction of sp³-hybridized carbons (Fsp3) is 0.417. The third-order valence-corrected chi connectivity index (χ3v) is 2.39. The van der Waals surface area contributed by atoms with Crippen LogP contribution in [0.5, 0.6) is 0 Å². The molecule has 94 valence electrons. The normalized spacial score (nSPS) is 12.2. The number of hydrogen-bond acceptors (Lipinski definition) is 4. The fourth-order valence-electron chi connectivity index (χ4n) is 1.38. The summed E-state index contributed by atoms with van der Waals surface area (Å²) >= 11 is 0. The Hall–Kier alpha value is -1.59. The quantitative estimate of drug-likeness (QED) is 0.645. The molecule has 0 radical (unpaired) electrons. The largest absolute Gasteiger partial charge is 0.399 e. The molecular formula is C12H18N2O3. The average Bonchev–Trinajstić information content (AvgIpc) is 2.30. The van der Waals surface area contributed by atoms with Gasteiger partial charge in [-0.1, -0.05) is 0 Å². The number of nitrogens with two attached hydrogens (primary N) is 1. The molecule has 0 saturated carbocycles. The van der Waals surface area contributed by atoms with E-state index in [1.54, 1.807) is 18.2 Å². The number of amides is 1. The first-order valence-corrected chi connectivity index (χ1v) is 5.36. The third kappa shape index (κ3) is 4.05. The molecule has 17 heavy (non-hydrogen) atoms. The van der Waals surface area contributed by atoms with Crippen molar-refractivity contribution in [2.45, 2.75) is 13.0 Å². The van der Waals surface area contributed by atoms with Gasteiger partial charge in [0.2, 0.25) is 0 Å². The van der Waals surface area contributed by atoms with Gasteiger partial charge in [0.15, 0.2) is 0 Å². The molecule has 5 heteroatoms. The van der Waals surface area contributed by atoms with Gasteiger partial charge in [-0.25, -0.2) is 0 Å². The van der Waals surface area contributed by atoms with Gasteiger partial charge in [-0.2, -0.15) is 0 Å². The SMILES string of the molecule is COCC(O)CNC(=O)c1ccc(N)c(C)c1. The second kappa shape index (κ2) is 6.22. The van der Waals surface area contributed by atoms with Crippen LogP contribution in [0.25, 0.3) is 0 Å². The van der Waals surface area contributed by atoms with Crippen LogP contribution in [-0.2, 0) is 4.74 Å². The molecule has 1 unspecified atom stereocenters. The van der Waals surface area contributed by atoms with E-state index < -0.39 is 6.10 Å². The second-order valence-electron chi connectivity index (χ2n) is 3.89. The standard InChI is InChI=1S/C12H18N2O3/c1-8-5-9(3-4-11(8)13)12(16)14-6-10(15)7-17-2/h3-5,10,15H,6-7,13H2,1-2H3,(H,14,16). The average molecular weight is 238 g/mol. The summed E-state index contributed by atoms with van der Waals surface area (Å²) in [6, 6.07) is 5.06. The Kier molecular flexibility index (Phi) is 4.93. The molecule has 1 atom stereocenters. The van der Waals surface area contributed by atoms with Crippen LogP contribution >= 0.6 is 0 Å². The molecule has 0 saturated heterocycles. The van der Waals surface area contributed by atoms with E-state index in [0.717, 1.165) is 5.56 Å². The molecule has 0 spiro atoms. The molecule has 0 aliphatic rings. The van der Waals surface area contributed by atoms with Crippen molar-refractivity contribution >= 4 is 11.6 Å². The van der Waals surface area contributed by atoms with Gasteiger partial charge in [-0.3, -0.25) is 4.79 Å². The number of carbonyl (C=O) groups is 1. The van der Waals surface area contributed by atoms with Crippen LogP contribution in [0.4, 0.5) is 5.69 Å². The van der Waals surface area contributed by atoms with E-state index in [4.69, 9.17) is 10.5 Å². The minimum absolute atomic E-state index is 0.163. The summed E-state index contributed by atoms with van der Waals surface area (Å²) < 4.78 is 4.76. The number of nitrogens with one attached hydrogen (secondary N) is 1. The number of methoxy groups -OCH3 is 1. The third-order valence-electron chi connectivity index (χ3n) is 2.39. The molecule has 0 fully saturated rings. The molecule has 4 N–H and O–H groups in total. The molecule has 5 nitrogen and oxygen atoms in total. The van der Waals surface area contributed by atoms with Gasteiger partial charge < -0.3 is 20.9 Å². The van der Waals surface area contributed by atoms with Crippen LogP contribution in [0.15, 0.2) is 18.2 Å². The van der Waals surface area contributed by atoms with Crippen molar-refractivity contribution in [3.63, 3.8) is 0 Å². The number of carbonyl (C=O) groups excluding carboxylic acids is 1. The molecule has 0 aromatic heterocycles. The van der Waals surface area contributed by atoms with Gasteiger partial charge in [0.1, 0.15) is 0 Å². The predicted molar refractivity (Wildman–Crippen MR) is 65.8 cm³/mol. The number of aliphatic hydroxyl groups is 1. The lowest BCUT2D eigenvalue weighted by Gasteiger charge is -2.11. The first kappa shape index (κ1) is 13.5. The summed E-state index contributed by atoms with van der Waals surface area (Å²) in [7, 11) is 1.49. The zero-order chi connectivity index (χ0) is 12.8. The number of rotatable bonds is 5. The van der Waals surface area contributed by atoms with E-state index in [2.05, 4.69) is 5.32 Å². The maximum absolute atomic E-state index is 11.7. The zero-order valence-corrected chi connectivity index (χ0v) is 10.1. The van der Waals surface area contributed by atoms with Gasteiger partial charge in [0.25, 0.3) is 5.91 Å². The highest BCUT2D eigenvalue weighted by molar-refractivity contribution is 5.94. The van der Waals surface area contributed by atoms with Gasteiger partial charge >= 0.3 is 0 Å². The Balaban J connectivity index is 2.55. The van der Waals surface area contributed by atoms with Gasteiger partial charge in [0.05, 0.1) is 12.7 Å². The zero-order valence-electron chi connectivity index (χ0n) is 10.1. The molecule has 1 rings (SSSR count). The number of anilines is 1. The van der Waals surface area contributed by atoms with Gasteiger partial charge in [-0.15, -0.1) is 0 Å². The highest BCUT2D eigenvalue weighted by Gasteiger charge is 2.09. The van der Waals surface area contributed by atoms with Crippen molar-refractivity contribution < 1.29 is 14.6 Å². The summed E-state index contributed by atoms with van der Waals surface area (Å²) in [6.45, 7) is 2.20. The number of benzene rings is 1. The molecule has 0 heterocycles. The fourth-order valence-corrected chi connectivity index (χ4v) is 1.38. The first-order chi connectivity index (χ1) is 8.04. The topological polar surface area (TPSA) is 84.6 Å². The van der Waals surface area contributed by atoms with Crippen molar-refractivity contribution in [1.82, 2.24) is 5.32 Å². The highest BCUT2D eigenvalue weighted by Crippen LogP contribution is 2.12. The molecular weight excluding hydrogens is 220 g/mol. The minimum Gasteiger partial charge on any atom is -0.399 e. The van der Waals surface area contributed by atoms with E-state index in [9.17, 15) is 9.90 Å². The Bertz CT molecular complexity index is 393. The van der Waals surface area contributed by atoms with Crippen LogP contribution < -0.4 is 11.1 Å². The van der Waals surface area contributed by atoms with Crippen LogP contribution in [-0.4, -0.2) is 37.4 Å². The van der Waals surface area contributed by atoms with Gasteiger partial charge in [-0.05, 0) is 30.7 Å². The summed E-state index contributed by atoms with van der Waals surface area (Å²) in [5.41, 5.74) is 7.70. The maximum atomic E-state index is 11.7. The Labute approximate surface area is 101 Å². The lowest BCUT2D eigenvalue weighted by atomic mass is 10.1. The van der Waals surface area contributed by atoms with Crippen molar-refractivity contribution in [3.8, 4) is 0 Å². The van der Waals surface area contributed by atoms with E-state index in [0.29, 0.717) is 11.3 Å². The Morgan fingerprint density at radius 3 is 2.88 bits per heavy atom. The molecule has 0 aliphatic carbocycles. The van der Waals surface area contributed by atoms with Crippen LogP contribution in [0, 0.1) is 6.92 Å². The number of aliphatic hydroxyl groups excluding tert-OH is 1. The van der Waals surface area contributed by atoms with Crippen molar-refractivity contribution in [2.75, 3.05) is 26.0 Å². The Morgan fingerprint density at radius 1 is 1.59 bits per heavy atom. The van der Waals surface area contributed by atoms with Crippen LogP contribution in [0.1, 0.15) is 15.9 Å². The number of hydrogen-bond donors (Lipinski definition) is 3. The number of ether oxygens (including phenoxy) is 1. The minimum atomic E-state index is -0.696. The van der Waals surface area contributed by atoms with Crippen molar-refractivity contribution in [2.24, 2.45) is 0 Å². The molecule has 0 bridgehead atoms. The van der Waals surface area contributed by atoms with E-state index >= 15 is 0 Å². The number of nitrogen functional groups attached to an aromatic ring is 1. The summed E-state index contributed by atoms with van der Waals surface area (Å²) in [6.07, 6.45) is -0.696. The highest BCUT2D eigenvalue weighted by atomic mass is 16.5. The van der Waals surface area contributed by atoms with E-state index in [-0.39, 0.29) is 19.1 Å². The molecule has 1 aromatic rings. The van der Waals surface area contributed by atoms with Crippen molar-refractivity contribution in [3.05, 3.63) is 29.3 Å². The van der Waals surface area contributed by atoms with E-state index in [1.807, 2.05) is 6.92 Å². The molecule has 1 aromatic carbocycles. The number of aryl methyl sites for hydroxylation is 1. The monoisotopic (exact) mass is 238 g/mol. The summed E-state index contributed by atoms with van der Waals surface area (Å²) in [4.78, 5) is 11.7. The smallest absolute Gasteiger partial charge is 0.251 e. The molecule has 0 aliphatic heterocycles.